The van der Waals surface area contributed by atoms with Gasteiger partial charge in [-0.3, -0.25) is 4.79 Å². The summed E-state index contributed by atoms with van der Waals surface area (Å²) in [6, 6.07) is 2.93. The number of ether oxygens (including phenoxy) is 1. The molecule has 1 aromatic carbocycles. The molecule has 2 aromatic rings. The largest absolute Gasteiger partial charge is 0.381 e. The highest BCUT2D eigenvalue weighted by Crippen LogP contribution is 2.30. The van der Waals surface area contributed by atoms with Crippen LogP contribution in [0.1, 0.15) is 59.6 Å². The van der Waals surface area contributed by atoms with Crippen molar-refractivity contribution in [2.75, 3.05) is 26.3 Å². The lowest BCUT2D eigenvalue weighted by molar-refractivity contribution is 0.0699. The molecule has 3 heterocycles. The van der Waals surface area contributed by atoms with Gasteiger partial charge < -0.3 is 14.2 Å². The van der Waals surface area contributed by atoms with E-state index in [0.29, 0.717) is 45.0 Å². The normalized spacial score (nSPS) is 19.4. The summed E-state index contributed by atoms with van der Waals surface area (Å²) in [5.74, 6) is -0.142. The summed E-state index contributed by atoms with van der Waals surface area (Å²) < 4.78 is 38.0. The Hall–Kier alpha value is -2.35. The molecule has 0 unspecified atom stereocenters. The SMILES string of the molecule is O=C(c1cc(F)ccc1F)N1CCC(c2nc(C3CCOCC3)no2)CC1. The summed E-state index contributed by atoms with van der Waals surface area (Å²) in [6.07, 6.45) is 3.09. The van der Waals surface area contributed by atoms with Gasteiger partial charge in [0.2, 0.25) is 5.89 Å². The summed E-state index contributed by atoms with van der Waals surface area (Å²) in [4.78, 5) is 18.6. The molecule has 144 valence electrons. The van der Waals surface area contributed by atoms with Crippen molar-refractivity contribution in [2.45, 2.75) is 37.5 Å². The van der Waals surface area contributed by atoms with Crippen LogP contribution in [0.15, 0.2) is 22.7 Å². The van der Waals surface area contributed by atoms with Crippen molar-refractivity contribution in [1.82, 2.24) is 15.0 Å². The van der Waals surface area contributed by atoms with Crippen LogP contribution in [0.4, 0.5) is 8.78 Å². The van der Waals surface area contributed by atoms with Crippen LogP contribution in [-0.4, -0.2) is 47.3 Å². The summed E-state index contributed by atoms with van der Waals surface area (Å²) in [5, 5.41) is 4.12. The molecule has 0 bridgehead atoms. The van der Waals surface area contributed by atoms with Crippen LogP contribution in [0.2, 0.25) is 0 Å². The number of piperidine rings is 1. The van der Waals surface area contributed by atoms with E-state index in [1.54, 1.807) is 4.90 Å². The molecule has 1 amide bonds. The molecule has 0 aliphatic carbocycles. The van der Waals surface area contributed by atoms with Crippen LogP contribution in [-0.2, 0) is 4.74 Å². The average Bonchev–Trinajstić information content (AvgIpc) is 3.20. The van der Waals surface area contributed by atoms with Gasteiger partial charge in [0.15, 0.2) is 5.82 Å². The highest BCUT2D eigenvalue weighted by atomic mass is 19.1. The summed E-state index contributed by atoms with van der Waals surface area (Å²) in [5.41, 5.74) is -0.229. The predicted octanol–water partition coefficient (Wildman–Crippen LogP) is 3.26. The van der Waals surface area contributed by atoms with Crippen LogP contribution in [0.5, 0.6) is 0 Å². The minimum Gasteiger partial charge on any atom is -0.381 e. The summed E-state index contributed by atoms with van der Waals surface area (Å²) >= 11 is 0. The molecule has 2 saturated heterocycles. The smallest absolute Gasteiger partial charge is 0.256 e. The lowest BCUT2D eigenvalue weighted by Crippen LogP contribution is -2.38. The molecule has 4 rings (SSSR count). The summed E-state index contributed by atoms with van der Waals surface area (Å²) in [7, 11) is 0. The van der Waals surface area contributed by atoms with Crippen LogP contribution in [0.25, 0.3) is 0 Å². The van der Waals surface area contributed by atoms with E-state index in [4.69, 9.17) is 9.26 Å². The second-order valence-electron chi connectivity index (χ2n) is 7.07. The zero-order chi connectivity index (χ0) is 18.8. The first-order chi connectivity index (χ1) is 13.1. The van der Waals surface area contributed by atoms with E-state index in [2.05, 4.69) is 10.1 Å². The Bertz CT molecular complexity index is 812. The van der Waals surface area contributed by atoms with E-state index in [1.807, 2.05) is 0 Å². The molecule has 0 saturated carbocycles. The van der Waals surface area contributed by atoms with Gasteiger partial charge in [0.25, 0.3) is 5.91 Å². The minimum atomic E-state index is -0.707. The van der Waals surface area contributed by atoms with E-state index in [0.717, 1.165) is 36.9 Å². The van der Waals surface area contributed by atoms with Gasteiger partial charge in [0.1, 0.15) is 11.6 Å². The lowest BCUT2D eigenvalue weighted by Gasteiger charge is -2.30. The zero-order valence-corrected chi connectivity index (χ0v) is 14.9. The average molecular weight is 377 g/mol. The number of hydrogen-bond acceptors (Lipinski definition) is 5. The van der Waals surface area contributed by atoms with E-state index < -0.39 is 17.5 Å². The van der Waals surface area contributed by atoms with Gasteiger partial charge in [0.05, 0.1) is 5.56 Å². The van der Waals surface area contributed by atoms with Gasteiger partial charge in [0, 0.05) is 38.1 Å². The van der Waals surface area contributed by atoms with Crippen molar-refractivity contribution in [3.05, 3.63) is 47.1 Å². The maximum absolute atomic E-state index is 13.8. The predicted molar refractivity (Wildman–Crippen MR) is 91.3 cm³/mol. The van der Waals surface area contributed by atoms with Crippen LogP contribution in [0, 0.1) is 11.6 Å². The fourth-order valence-electron chi connectivity index (χ4n) is 3.70. The van der Waals surface area contributed by atoms with Gasteiger partial charge in [-0.15, -0.1) is 0 Å². The third-order valence-corrected chi connectivity index (χ3v) is 5.33. The molecule has 2 fully saturated rings. The fourth-order valence-corrected chi connectivity index (χ4v) is 3.70. The molecule has 2 aliphatic heterocycles. The minimum absolute atomic E-state index is 0.0764. The van der Waals surface area contributed by atoms with Crippen LogP contribution < -0.4 is 0 Å². The number of benzene rings is 1. The Balaban J connectivity index is 1.38. The standard InChI is InChI=1S/C19H21F2N3O3/c20-14-1-2-16(21)15(11-14)19(25)24-7-3-13(4-8-24)18-22-17(23-27-18)12-5-9-26-10-6-12/h1-2,11-13H,3-10H2. The first-order valence-corrected chi connectivity index (χ1v) is 9.27. The van der Waals surface area contributed by atoms with E-state index in [1.165, 1.54) is 0 Å². The third kappa shape index (κ3) is 3.85. The van der Waals surface area contributed by atoms with Crippen molar-refractivity contribution in [2.24, 2.45) is 0 Å². The molecule has 0 radical (unpaired) electrons. The highest BCUT2D eigenvalue weighted by molar-refractivity contribution is 5.94. The second-order valence-corrected chi connectivity index (χ2v) is 7.07. The van der Waals surface area contributed by atoms with Gasteiger partial charge in [-0.25, -0.2) is 8.78 Å². The third-order valence-electron chi connectivity index (χ3n) is 5.33. The lowest BCUT2D eigenvalue weighted by atomic mass is 9.95. The van der Waals surface area contributed by atoms with Gasteiger partial charge in [-0.1, -0.05) is 5.16 Å². The quantitative estimate of drug-likeness (QED) is 0.821. The molecular weight excluding hydrogens is 356 g/mol. The van der Waals surface area contributed by atoms with Crippen LogP contribution >= 0.6 is 0 Å². The van der Waals surface area contributed by atoms with Crippen LogP contribution in [0.3, 0.4) is 0 Å². The molecule has 0 spiro atoms. The van der Waals surface area contributed by atoms with Gasteiger partial charge >= 0.3 is 0 Å². The number of likely N-dealkylation sites (tertiary alicyclic amines) is 1. The zero-order valence-electron chi connectivity index (χ0n) is 14.9. The number of carbonyl (C=O) groups is 1. The Morgan fingerprint density at radius 3 is 2.56 bits per heavy atom. The molecule has 1 aromatic heterocycles. The molecular formula is C19H21F2N3O3. The van der Waals surface area contributed by atoms with Gasteiger partial charge in [-0.05, 0) is 43.9 Å². The number of amides is 1. The monoisotopic (exact) mass is 377 g/mol. The van der Waals surface area contributed by atoms with Crippen molar-refractivity contribution < 1.29 is 22.8 Å². The second kappa shape index (κ2) is 7.72. The molecule has 6 nitrogen and oxygen atoms in total. The highest BCUT2D eigenvalue weighted by Gasteiger charge is 2.30. The Morgan fingerprint density at radius 1 is 1.07 bits per heavy atom. The number of halogens is 2. The number of rotatable bonds is 3. The molecule has 0 atom stereocenters. The Morgan fingerprint density at radius 2 is 1.81 bits per heavy atom. The molecule has 2 aliphatic rings. The molecule has 8 heteroatoms. The van der Waals surface area contributed by atoms with Gasteiger partial charge in [-0.2, -0.15) is 4.98 Å². The molecule has 27 heavy (non-hydrogen) atoms. The maximum Gasteiger partial charge on any atom is 0.256 e. The van der Waals surface area contributed by atoms with Crippen molar-refractivity contribution in [3.63, 3.8) is 0 Å². The van der Waals surface area contributed by atoms with E-state index >= 15 is 0 Å². The van der Waals surface area contributed by atoms with E-state index in [9.17, 15) is 13.6 Å². The maximum atomic E-state index is 13.8. The number of carbonyl (C=O) groups excluding carboxylic acids is 1. The number of hydrogen-bond donors (Lipinski definition) is 0. The topological polar surface area (TPSA) is 68.5 Å². The number of aromatic nitrogens is 2. The van der Waals surface area contributed by atoms with E-state index in [-0.39, 0.29) is 17.4 Å². The summed E-state index contributed by atoms with van der Waals surface area (Å²) in [6.45, 7) is 2.31. The Labute approximate surface area is 155 Å². The first-order valence-electron chi connectivity index (χ1n) is 9.27. The van der Waals surface area contributed by atoms with Crippen molar-refractivity contribution >= 4 is 5.91 Å². The van der Waals surface area contributed by atoms with Crippen molar-refractivity contribution in [3.8, 4) is 0 Å². The Kier molecular flexibility index (Phi) is 5.15. The molecule has 0 N–H and O–H groups in total. The fraction of sp³-hybridized carbons (Fsp3) is 0.526. The van der Waals surface area contributed by atoms with Crippen molar-refractivity contribution in [1.29, 1.82) is 0 Å². The number of nitrogens with zero attached hydrogens (tertiary/aromatic N) is 3. The first kappa shape index (κ1) is 18.0.